The van der Waals surface area contributed by atoms with Gasteiger partial charge in [-0.15, -0.1) is 0 Å². The minimum Gasteiger partial charge on any atom is -0.393 e. The Morgan fingerprint density at radius 3 is 2.55 bits per heavy atom. The SMILES string of the molecule is CC(=O)N1CCC(Cc2cc(-c3ccccc3)no2)(C(=O)N2CCC(O)CC2)C1. The largest absolute Gasteiger partial charge is 0.393 e. The molecule has 2 aliphatic heterocycles. The Bertz CT molecular complexity index is 873. The Kier molecular flexibility index (Phi) is 5.41. The van der Waals surface area contributed by atoms with E-state index in [1.807, 2.05) is 41.3 Å². The van der Waals surface area contributed by atoms with Crippen LogP contribution in [0.3, 0.4) is 0 Å². The molecule has 2 amide bonds. The maximum atomic E-state index is 13.5. The molecule has 3 heterocycles. The molecule has 0 radical (unpaired) electrons. The molecule has 4 rings (SSSR count). The van der Waals surface area contributed by atoms with Crippen molar-refractivity contribution in [2.24, 2.45) is 5.41 Å². The second-order valence-corrected chi connectivity index (χ2v) is 8.22. The minimum absolute atomic E-state index is 0.0173. The van der Waals surface area contributed by atoms with Gasteiger partial charge in [0, 0.05) is 51.2 Å². The molecule has 0 saturated carbocycles. The zero-order valence-corrected chi connectivity index (χ0v) is 16.7. The van der Waals surface area contributed by atoms with Crippen LogP contribution in [0, 0.1) is 5.41 Å². The predicted molar refractivity (Wildman–Crippen MR) is 107 cm³/mol. The Morgan fingerprint density at radius 1 is 1.17 bits per heavy atom. The van der Waals surface area contributed by atoms with Crippen molar-refractivity contribution < 1.29 is 19.2 Å². The van der Waals surface area contributed by atoms with Crippen molar-refractivity contribution in [2.45, 2.75) is 38.7 Å². The highest BCUT2D eigenvalue weighted by Crippen LogP contribution is 2.38. The maximum absolute atomic E-state index is 13.5. The molecule has 29 heavy (non-hydrogen) atoms. The van der Waals surface area contributed by atoms with Crippen molar-refractivity contribution >= 4 is 11.8 Å². The first-order valence-electron chi connectivity index (χ1n) is 10.2. The fraction of sp³-hybridized carbons (Fsp3) is 0.500. The molecule has 0 aliphatic carbocycles. The van der Waals surface area contributed by atoms with E-state index in [9.17, 15) is 14.7 Å². The van der Waals surface area contributed by atoms with E-state index in [2.05, 4.69) is 5.16 Å². The molecular weight excluding hydrogens is 370 g/mol. The Morgan fingerprint density at radius 2 is 1.90 bits per heavy atom. The molecule has 2 fully saturated rings. The summed E-state index contributed by atoms with van der Waals surface area (Å²) in [4.78, 5) is 29.1. The van der Waals surface area contributed by atoms with Gasteiger partial charge < -0.3 is 19.4 Å². The van der Waals surface area contributed by atoms with Crippen molar-refractivity contribution in [3.05, 3.63) is 42.2 Å². The molecule has 1 aromatic carbocycles. The summed E-state index contributed by atoms with van der Waals surface area (Å²) in [6.07, 6.45) is 1.87. The first kappa shape index (κ1) is 19.6. The number of nitrogens with zero attached hydrogens (tertiary/aromatic N) is 3. The summed E-state index contributed by atoms with van der Waals surface area (Å²) in [5.41, 5.74) is 0.997. The van der Waals surface area contributed by atoms with Crippen molar-refractivity contribution in [3.8, 4) is 11.3 Å². The van der Waals surface area contributed by atoms with E-state index < -0.39 is 5.41 Å². The average molecular weight is 397 g/mol. The topological polar surface area (TPSA) is 86.9 Å². The van der Waals surface area contributed by atoms with Gasteiger partial charge in [0.05, 0.1) is 11.5 Å². The number of carbonyl (C=O) groups is 2. The lowest BCUT2D eigenvalue weighted by atomic mass is 9.80. The van der Waals surface area contributed by atoms with Crippen LogP contribution in [0.2, 0.25) is 0 Å². The van der Waals surface area contributed by atoms with E-state index in [-0.39, 0.29) is 17.9 Å². The standard InChI is InChI=1S/C22H27N3O4/c1-16(26)25-12-9-22(15-25,21(28)24-10-7-18(27)8-11-24)14-19-13-20(23-29-19)17-5-3-2-4-6-17/h2-6,13,18,27H,7-12,14-15H2,1H3. The molecule has 2 saturated heterocycles. The number of likely N-dealkylation sites (tertiary alicyclic amines) is 2. The van der Waals surface area contributed by atoms with Crippen LogP contribution in [0.4, 0.5) is 0 Å². The lowest BCUT2D eigenvalue weighted by molar-refractivity contribution is -0.144. The average Bonchev–Trinajstić information content (AvgIpc) is 3.37. The Balaban J connectivity index is 1.57. The molecule has 0 spiro atoms. The van der Waals surface area contributed by atoms with E-state index >= 15 is 0 Å². The fourth-order valence-electron chi connectivity index (χ4n) is 4.41. The van der Waals surface area contributed by atoms with Gasteiger partial charge in [-0.3, -0.25) is 9.59 Å². The van der Waals surface area contributed by atoms with Crippen LogP contribution in [-0.4, -0.2) is 64.2 Å². The number of rotatable bonds is 4. The highest BCUT2D eigenvalue weighted by atomic mass is 16.5. The number of aromatic nitrogens is 1. The fourth-order valence-corrected chi connectivity index (χ4v) is 4.41. The summed E-state index contributed by atoms with van der Waals surface area (Å²) in [5, 5.41) is 14.0. The quantitative estimate of drug-likeness (QED) is 0.854. The predicted octanol–water partition coefficient (Wildman–Crippen LogP) is 2.11. The summed E-state index contributed by atoms with van der Waals surface area (Å²) in [5.74, 6) is 0.682. The van der Waals surface area contributed by atoms with E-state index in [0.29, 0.717) is 57.6 Å². The van der Waals surface area contributed by atoms with Crippen LogP contribution < -0.4 is 0 Å². The van der Waals surface area contributed by atoms with Gasteiger partial charge in [0.1, 0.15) is 11.5 Å². The smallest absolute Gasteiger partial charge is 0.231 e. The summed E-state index contributed by atoms with van der Waals surface area (Å²) in [6, 6.07) is 11.7. The van der Waals surface area contributed by atoms with Gasteiger partial charge in [0.25, 0.3) is 0 Å². The molecule has 2 aliphatic rings. The number of amides is 2. The highest BCUT2D eigenvalue weighted by molar-refractivity contribution is 5.85. The number of benzene rings is 1. The number of aliphatic hydroxyl groups excluding tert-OH is 1. The zero-order valence-electron chi connectivity index (χ0n) is 16.7. The third-order valence-electron chi connectivity index (χ3n) is 6.15. The van der Waals surface area contributed by atoms with Crippen LogP contribution in [0.1, 0.15) is 31.9 Å². The third kappa shape index (κ3) is 4.05. The molecule has 1 aromatic heterocycles. The first-order valence-corrected chi connectivity index (χ1v) is 10.2. The monoisotopic (exact) mass is 397 g/mol. The second kappa shape index (κ2) is 7.99. The molecule has 7 heteroatoms. The van der Waals surface area contributed by atoms with Crippen LogP contribution in [0.5, 0.6) is 0 Å². The lowest BCUT2D eigenvalue weighted by Gasteiger charge is -2.37. The number of hydrogen-bond acceptors (Lipinski definition) is 5. The van der Waals surface area contributed by atoms with E-state index in [4.69, 9.17) is 4.52 Å². The molecule has 0 bridgehead atoms. The lowest BCUT2D eigenvalue weighted by Crippen LogP contribution is -2.50. The van der Waals surface area contributed by atoms with Crippen LogP contribution in [0.15, 0.2) is 40.9 Å². The minimum atomic E-state index is -0.707. The number of carbonyl (C=O) groups excluding carboxylic acids is 2. The molecule has 1 atom stereocenters. The van der Waals surface area contributed by atoms with Crippen LogP contribution in [0.25, 0.3) is 11.3 Å². The third-order valence-corrected chi connectivity index (χ3v) is 6.15. The van der Waals surface area contributed by atoms with Gasteiger partial charge >= 0.3 is 0 Å². The number of aliphatic hydroxyl groups is 1. The molecule has 2 aromatic rings. The van der Waals surface area contributed by atoms with Crippen molar-refractivity contribution in [1.29, 1.82) is 0 Å². The van der Waals surface area contributed by atoms with Gasteiger partial charge in [-0.05, 0) is 19.3 Å². The first-order chi connectivity index (χ1) is 14.0. The van der Waals surface area contributed by atoms with Crippen molar-refractivity contribution in [1.82, 2.24) is 15.0 Å². The zero-order chi connectivity index (χ0) is 20.4. The molecule has 1 unspecified atom stereocenters. The van der Waals surface area contributed by atoms with Crippen molar-refractivity contribution in [3.63, 3.8) is 0 Å². The molecular formula is C22H27N3O4. The molecule has 154 valence electrons. The molecule has 7 nitrogen and oxygen atoms in total. The van der Waals surface area contributed by atoms with Gasteiger partial charge in [-0.2, -0.15) is 0 Å². The van der Waals surface area contributed by atoms with Gasteiger partial charge in [0.15, 0.2) is 0 Å². The summed E-state index contributed by atoms with van der Waals surface area (Å²) in [7, 11) is 0. The summed E-state index contributed by atoms with van der Waals surface area (Å²) in [6.45, 7) is 3.60. The maximum Gasteiger partial charge on any atom is 0.231 e. The number of piperidine rings is 1. The van der Waals surface area contributed by atoms with Crippen LogP contribution >= 0.6 is 0 Å². The summed E-state index contributed by atoms with van der Waals surface area (Å²) < 4.78 is 5.59. The normalized spacial score (nSPS) is 22.8. The number of hydrogen-bond donors (Lipinski definition) is 1. The van der Waals surface area contributed by atoms with Gasteiger partial charge in [-0.25, -0.2) is 0 Å². The summed E-state index contributed by atoms with van der Waals surface area (Å²) >= 11 is 0. The van der Waals surface area contributed by atoms with Gasteiger partial charge in [-0.1, -0.05) is 35.5 Å². The Hall–Kier alpha value is -2.67. The van der Waals surface area contributed by atoms with Crippen LogP contribution in [-0.2, 0) is 16.0 Å². The van der Waals surface area contributed by atoms with Crippen molar-refractivity contribution in [2.75, 3.05) is 26.2 Å². The Labute approximate surface area is 170 Å². The van der Waals surface area contributed by atoms with Gasteiger partial charge in [0.2, 0.25) is 11.8 Å². The molecule has 1 N–H and O–H groups in total. The highest BCUT2D eigenvalue weighted by Gasteiger charge is 2.48. The van der Waals surface area contributed by atoms with E-state index in [1.165, 1.54) is 0 Å². The van der Waals surface area contributed by atoms with E-state index in [1.54, 1.807) is 11.8 Å². The van der Waals surface area contributed by atoms with E-state index in [0.717, 1.165) is 11.3 Å². The second-order valence-electron chi connectivity index (χ2n) is 8.22.